The minimum atomic E-state index is -0.281. The average molecular weight is 425 g/mol. The van der Waals surface area contributed by atoms with Gasteiger partial charge in [0.2, 0.25) is 11.8 Å². The third-order valence-electron chi connectivity index (χ3n) is 5.15. The Morgan fingerprint density at radius 2 is 1.56 bits per heavy atom. The monoisotopic (exact) mass is 424 g/mol. The van der Waals surface area contributed by atoms with Crippen LogP contribution in [0.3, 0.4) is 0 Å². The van der Waals surface area contributed by atoms with Gasteiger partial charge in [-0.2, -0.15) is 0 Å². The molecule has 160 valence electrons. The molecule has 3 aromatic carbocycles. The molecule has 0 radical (unpaired) electrons. The van der Waals surface area contributed by atoms with Crippen molar-refractivity contribution in [3.8, 4) is 22.8 Å². The van der Waals surface area contributed by atoms with Gasteiger partial charge in [0.25, 0.3) is 0 Å². The molecule has 1 unspecified atom stereocenters. The van der Waals surface area contributed by atoms with E-state index in [1.165, 1.54) is 6.33 Å². The maximum atomic E-state index is 12.7. The van der Waals surface area contributed by atoms with E-state index >= 15 is 0 Å². The van der Waals surface area contributed by atoms with Gasteiger partial charge in [-0.1, -0.05) is 54.6 Å². The number of aromatic nitrogens is 2. The normalized spacial score (nSPS) is 11.4. The maximum absolute atomic E-state index is 12.7. The van der Waals surface area contributed by atoms with Crippen LogP contribution in [-0.4, -0.2) is 22.9 Å². The molecular weight excluding hydrogens is 400 g/mol. The Balaban J connectivity index is 1.37. The number of hydrogen-bond acceptors (Lipinski definition) is 5. The summed E-state index contributed by atoms with van der Waals surface area (Å²) in [6.07, 6.45) is 1.43. The summed E-state index contributed by atoms with van der Waals surface area (Å²) in [4.78, 5) is 20.9. The second kappa shape index (κ2) is 9.75. The molecule has 0 bridgehead atoms. The molecule has 0 fully saturated rings. The van der Waals surface area contributed by atoms with Gasteiger partial charge in [0.15, 0.2) is 0 Å². The molecular formula is C26H24N4O2. The molecule has 0 saturated heterocycles. The summed E-state index contributed by atoms with van der Waals surface area (Å²) in [6, 6.07) is 27.2. The zero-order chi connectivity index (χ0) is 22.3. The summed E-state index contributed by atoms with van der Waals surface area (Å²) in [6.45, 7) is 1.90. The van der Waals surface area contributed by atoms with E-state index < -0.39 is 0 Å². The highest BCUT2D eigenvalue weighted by Gasteiger charge is 2.15. The van der Waals surface area contributed by atoms with E-state index in [4.69, 9.17) is 4.74 Å². The fourth-order valence-corrected chi connectivity index (χ4v) is 3.26. The minimum absolute atomic E-state index is 0.0689. The van der Waals surface area contributed by atoms with Crippen LogP contribution >= 0.6 is 0 Å². The van der Waals surface area contributed by atoms with E-state index in [1.807, 2.05) is 49.4 Å². The highest BCUT2D eigenvalue weighted by molar-refractivity contribution is 5.95. The zero-order valence-electron chi connectivity index (χ0n) is 17.9. The van der Waals surface area contributed by atoms with Crippen LogP contribution in [0.2, 0.25) is 0 Å². The molecule has 0 aliphatic rings. The van der Waals surface area contributed by atoms with Gasteiger partial charge in [0.1, 0.15) is 17.9 Å². The number of nitrogens with one attached hydrogen (secondary N) is 2. The first kappa shape index (κ1) is 21.1. The van der Waals surface area contributed by atoms with E-state index in [-0.39, 0.29) is 11.8 Å². The van der Waals surface area contributed by atoms with Crippen molar-refractivity contribution in [1.82, 2.24) is 9.97 Å². The van der Waals surface area contributed by atoms with Crippen molar-refractivity contribution in [3.05, 3.63) is 96.8 Å². The van der Waals surface area contributed by atoms with Crippen LogP contribution in [0.5, 0.6) is 11.6 Å². The molecule has 32 heavy (non-hydrogen) atoms. The summed E-state index contributed by atoms with van der Waals surface area (Å²) < 4.78 is 5.74. The van der Waals surface area contributed by atoms with Crippen LogP contribution in [0.4, 0.5) is 11.5 Å². The SMILES string of the molecule is CNc1cc(Oc2ccc(NC(=O)C(C)c3ccc(-c4ccccc4)cc3)cc2)ncn1. The first-order chi connectivity index (χ1) is 15.6. The van der Waals surface area contributed by atoms with Crippen molar-refractivity contribution in [2.45, 2.75) is 12.8 Å². The van der Waals surface area contributed by atoms with Crippen molar-refractivity contribution in [2.24, 2.45) is 0 Å². The summed E-state index contributed by atoms with van der Waals surface area (Å²) in [5.41, 5.74) is 3.95. The van der Waals surface area contributed by atoms with Crippen molar-refractivity contribution in [1.29, 1.82) is 0 Å². The lowest BCUT2D eigenvalue weighted by atomic mass is 9.97. The van der Waals surface area contributed by atoms with Gasteiger partial charge in [-0.05, 0) is 47.9 Å². The lowest BCUT2D eigenvalue weighted by molar-refractivity contribution is -0.117. The number of hydrogen-bond donors (Lipinski definition) is 2. The number of nitrogens with zero attached hydrogens (tertiary/aromatic N) is 2. The molecule has 0 spiro atoms. The molecule has 1 heterocycles. The number of amides is 1. The van der Waals surface area contributed by atoms with Gasteiger partial charge in [-0.15, -0.1) is 0 Å². The number of ether oxygens (including phenoxy) is 1. The fraction of sp³-hybridized carbons (Fsp3) is 0.115. The number of carbonyl (C=O) groups excluding carboxylic acids is 1. The van der Waals surface area contributed by atoms with E-state index in [2.05, 4.69) is 32.7 Å². The molecule has 2 N–H and O–H groups in total. The van der Waals surface area contributed by atoms with Gasteiger partial charge in [-0.3, -0.25) is 4.79 Å². The minimum Gasteiger partial charge on any atom is -0.439 e. The predicted octanol–water partition coefficient (Wildman–Crippen LogP) is 5.72. The second-order valence-corrected chi connectivity index (χ2v) is 7.32. The molecule has 1 amide bonds. The third kappa shape index (κ3) is 5.10. The van der Waals surface area contributed by atoms with Gasteiger partial charge >= 0.3 is 0 Å². The summed E-state index contributed by atoms with van der Waals surface area (Å²) in [5.74, 6) is 1.38. The van der Waals surface area contributed by atoms with Crippen molar-refractivity contribution < 1.29 is 9.53 Å². The lowest BCUT2D eigenvalue weighted by Crippen LogP contribution is -2.18. The Bertz CT molecular complexity index is 1180. The number of anilines is 2. The van der Waals surface area contributed by atoms with Crippen molar-refractivity contribution in [3.63, 3.8) is 0 Å². The van der Waals surface area contributed by atoms with Gasteiger partial charge in [0, 0.05) is 18.8 Å². The topological polar surface area (TPSA) is 76.1 Å². The van der Waals surface area contributed by atoms with Gasteiger partial charge in [-0.25, -0.2) is 9.97 Å². The summed E-state index contributed by atoms with van der Waals surface area (Å²) in [5, 5.41) is 5.91. The first-order valence-corrected chi connectivity index (χ1v) is 10.4. The van der Waals surface area contributed by atoms with Crippen LogP contribution in [0.25, 0.3) is 11.1 Å². The highest BCUT2D eigenvalue weighted by Crippen LogP contribution is 2.25. The Morgan fingerprint density at radius 1 is 0.875 bits per heavy atom. The van der Waals surface area contributed by atoms with Crippen LogP contribution < -0.4 is 15.4 Å². The molecule has 1 atom stereocenters. The van der Waals surface area contributed by atoms with E-state index in [9.17, 15) is 4.79 Å². The number of rotatable bonds is 7. The fourth-order valence-electron chi connectivity index (χ4n) is 3.26. The highest BCUT2D eigenvalue weighted by atomic mass is 16.5. The number of carbonyl (C=O) groups is 1. The quantitative estimate of drug-likeness (QED) is 0.397. The maximum Gasteiger partial charge on any atom is 0.231 e. The Labute approximate surface area is 187 Å². The van der Waals surface area contributed by atoms with Gasteiger partial charge in [0.05, 0.1) is 5.92 Å². The standard InChI is InChI=1S/C26H24N4O2/c1-18(19-8-10-21(11-9-19)20-6-4-3-5-7-20)26(31)30-22-12-14-23(15-13-22)32-25-16-24(27-2)28-17-29-25/h3-18H,1-2H3,(H,30,31)(H,27,28,29). The Morgan fingerprint density at radius 3 is 2.25 bits per heavy atom. The largest absolute Gasteiger partial charge is 0.439 e. The van der Waals surface area contributed by atoms with Gasteiger partial charge < -0.3 is 15.4 Å². The lowest BCUT2D eigenvalue weighted by Gasteiger charge is -2.14. The molecule has 1 aromatic heterocycles. The molecule has 4 aromatic rings. The summed E-state index contributed by atoms with van der Waals surface area (Å²) in [7, 11) is 1.78. The van der Waals surface area contributed by atoms with E-state index in [1.54, 1.807) is 37.4 Å². The zero-order valence-corrected chi connectivity index (χ0v) is 17.9. The molecule has 0 saturated carbocycles. The van der Waals surface area contributed by atoms with Crippen LogP contribution in [0.1, 0.15) is 18.4 Å². The molecule has 4 rings (SSSR count). The first-order valence-electron chi connectivity index (χ1n) is 10.4. The Hall–Kier alpha value is -4.19. The van der Waals surface area contributed by atoms with Crippen molar-refractivity contribution in [2.75, 3.05) is 17.7 Å². The smallest absolute Gasteiger partial charge is 0.231 e. The van der Waals surface area contributed by atoms with Crippen LogP contribution in [0.15, 0.2) is 91.3 Å². The summed E-state index contributed by atoms with van der Waals surface area (Å²) >= 11 is 0. The average Bonchev–Trinajstić information content (AvgIpc) is 2.85. The van der Waals surface area contributed by atoms with E-state index in [0.29, 0.717) is 23.1 Å². The molecule has 0 aliphatic carbocycles. The molecule has 0 aliphatic heterocycles. The molecule has 6 heteroatoms. The number of benzene rings is 3. The Kier molecular flexibility index (Phi) is 6.41. The second-order valence-electron chi connectivity index (χ2n) is 7.32. The van der Waals surface area contributed by atoms with E-state index in [0.717, 1.165) is 16.7 Å². The van der Waals surface area contributed by atoms with Crippen LogP contribution in [-0.2, 0) is 4.79 Å². The molecule has 6 nitrogen and oxygen atoms in total. The third-order valence-corrected chi connectivity index (χ3v) is 5.15. The predicted molar refractivity (Wildman–Crippen MR) is 127 cm³/mol. The van der Waals surface area contributed by atoms with Crippen LogP contribution in [0, 0.1) is 0 Å². The van der Waals surface area contributed by atoms with Crippen molar-refractivity contribution >= 4 is 17.4 Å².